The first-order valence-corrected chi connectivity index (χ1v) is 9.95. The summed E-state index contributed by atoms with van der Waals surface area (Å²) in [6.45, 7) is 1.98. The van der Waals surface area contributed by atoms with Gasteiger partial charge >= 0.3 is 5.97 Å². The lowest BCUT2D eigenvalue weighted by atomic mass is 10.0. The predicted octanol–water partition coefficient (Wildman–Crippen LogP) is 4.70. The quantitative estimate of drug-likeness (QED) is 0.343. The molecule has 0 aliphatic carbocycles. The average molecular weight is 425 g/mol. The molecule has 30 heavy (non-hydrogen) atoms. The van der Waals surface area contributed by atoms with E-state index in [1.54, 1.807) is 42.0 Å². The van der Waals surface area contributed by atoms with Crippen molar-refractivity contribution >= 4 is 45.1 Å². The van der Waals surface area contributed by atoms with Crippen molar-refractivity contribution in [2.75, 3.05) is 25.6 Å². The van der Waals surface area contributed by atoms with E-state index < -0.39 is 5.97 Å². The fourth-order valence-corrected chi connectivity index (χ4v) is 4.07. The van der Waals surface area contributed by atoms with Crippen LogP contribution in [-0.4, -0.2) is 31.2 Å². The topological polar surface area (TPSA) is 64.7 Å². The van der Waals surface area contributed by atoms with Crippen LogP contribution >= 0.6 is 11.6 Å². The molecule has 154 valence electrons. The van der Waals surface area contributed by atoms with Gasteiger partial charge in [-0.2, -0.15) is 0 Å². The van der Waals surface area contributed by atoms with Gasteiger partial charge in [0.05, 0.1) is 34.6 Å². The maximum atomic E-state index is 13.3. The van der Waals surface area contributed by atoms with Gasteiger partial charge < -0.3 is 18.6 Å². The van der Waals surface area contributed by atoms with Crippen LogP contribution in [0.2, 0.25) is 5.02 Å². The second-order valence-corrected chi connectivity index (χ2v) is 7.52. The van der Waals surface area contributed by atoms with E-state index in [2.05, 4.69) is 0 Å². The number of hydrogen-bond acceptors (Lipinski definition) is 5. The highest BCUT2D eigenvalue weighted by atomic mass is 35.5. The Hall–Kier alpha value is -3.25. The Balaban J connectivity index is 2.15. The lowest BCUT2D eigenvalue weighted by Crippen LogP contribution is -2.21. The van der Waals surface area contributed by atoms with Crippen molar-refractivity contribution in [3.63, 3.8) is 0 Å². The lowest BCUT2D eigenvalue weighted by Gasteiger charge is -2.22. The van der Waals surface area contributed by atoms with Gasteiger partial charge in [0.1, 0.15) is 12.3 Å². The summed E-state index contributed by atoms with van der Waals surface area (Å²) in [6.07, 6.45) is 1.59. The molecule has 0 spiro atoms. The lowest BCUT2D eigenvalue weighted by molar-refractivity contribution is -0.143. The summed E-state index contributed by atoms with van der Waals surface area (Å²) in [5.41, 5.74) is 2.55. The zero-order chi connectivity index (χ0) is 21.4. The van der Waals surface area contributed by atoms with Crippen LogP contribution in [0.1, 0.15) is 6.92 Å². The number of benzene rings is 2. The second kappa shape index (κ2) is 7.88. The van der Waals surface area contributed by atoms with Crippen molar-refractivity contribution < 1.29 is 13.9 Å². The first kappa shape index (κ1) is 20.0. The third-order valence-electron chi connectivity index (χ3n) is 5.00. The van der Waals surface area contributed by atoms with Crippen LogP contribution in [0.15, 0.2) is 57.9 Å². The molecular formula is C23H21ClN2O4. The third-order valence-corrected chi connectivity index (χ3v) is 5.30. The molecule has 2 aromatic heterocycles. The number of anilines is 1. The Morgan fingerprint density at radius 1 is 1.17 bits per heavy atom. The highest BCUT2D eigenvalue weighted by Gasteiger charge is 2.20. The SMILES string of the molecule is CCOC(=O)Cn1c2cc(-c3ccco3)ccc2c(=O)c2ccc(Cl)c(N(C)C)c21. The van der Waals surface area contributed by atoms with Gasteiger partial charge in [0.2, 0.25) is 0 Å². The Morgan fingerprint density at radius 3 is 2.60 bits per heavy atom. The van der Waals surface area contributed by atoms with Crippen LogP contribution in [0.25, 0.3) is 33.1 Å². The minimum atomic E-state index is -0.392. The van der Waals surface area contributed by atoms with E-state index >= 15 is 0 Å². The number of fused-ring (bicyclic) bond motifs is 2. The average Bonchev–Trinajstić information content (AvgIpc) is 3.25. The van der Waals surface area contributed by atoms with E-state index in [1.807, 2.05) is 37.2 Å². The highest BCUT2D eigenvalue weighted by Crippen LogP contribution is 2.35. The van der Waals surface area contributed by atoms with Crippen molar-refractivity contribution in [2.24, 2.45) is 0 Å². The van der Waals surface area contributed by atoms with E-state index in [1.165, 1.54) is 0 Å². The van der Waals surface area contributed by atoms with Crippen LogP contribution in [0.3, 0.4) is 0 Å². The first-order valence-electron chi connectivity index (χ1n) is 9.58. The number of esters is 1. The van der Waals surface area contributed by atoms with Gasteiger partial charge in [-0.25, -0.2) is 0 Å². The molecule has 0 bridgehead atoms. The number of aromatic nitrogens is 1. The number of nitrogens with zero attached hydrogens (tertiary/aromatic N) is 2. The number of hydrogen-bond donors (Lipinski definition) is 0. The van der Waals surface area contributed by atoms with Crippen molar-refractivity contribution in [1.82, 2.24) is 4.57 Å². The Kier molecular flexibility index (Phi) is 5.26. The van der Waals surface area contributed by atoms with Gasteiger partial charge in [-0.15, -0.1) is 0 Å². The minimum absolute atomic E-state index is 0.0517. The first-order chi connectivity index (χ1) is 14.4. The Labute approximate surface area is 178 Å². The normalized spacial score (nSPS) is 11.2. The molecule has 2 heterocycles. The second-order valence-electron chi connectivity index (χ2n) is 7.12. The van der Waals surface area contributed by atoms with Crippen LogP contribution in [-0.2, 0) is 16.1 Å². The zero-order valence-electron chi connectivity index (χ0n) is 16.9. The number of ether oxygens (including phenoxy) is 1. The number of rotatable bonds is 5. The molecule has 0 fully saturated rings. The monoisotopic (exact) mass is 424 g/mol. The van der Waals surface area contributed by atoms with Crippen LogP contribution in [0.5, 0.6) is 0 Å². The highest BCUT2D eigenvalue weighted by molar-refractivity contribution is 6.35. The maximum absolute atomic E-state index is 13.3. The largest absolute Gasteiger partial charge is 0.465 e. The number of furan rings is 1. The molecule has 0 aliphatic rings. The van der Waals surface area contributed by atoms with E-state index in [9.17, 15) is 9.59 Å². The fourth-order valence-electron chi connectivity index (χ4n) is 3.75. The summed E-state index contributed by atoms with van der Waals surface area (Å²) in [5, 5.41) is 1.49. The molecule has 0 aliphatic heterocycles. The molecule has 6 nitrogen and oxygen atoms in total. The van der Waals surface area contributed by atoms with Gasteiger partial charge in [-0.3, -0.25) is 9.59 Å². The molecule has 0 amide bonds. The minimum Gasteiger partial charge on any atom is -0.465 e. The molecule has 0 unspecified atom stereocenters. The molecular weight excluding hydrogens is 404 g/mol. The molecule has 0 atom stereocenters. The van der Waals surface area contributed by atoms with Crippen molar-refractivity contribution in [1.29, 1.82) is 0 Å². The Bertz CT molecular complexity index is 1310. The predicted molar refractivity (Wildman–Crippen MR) is 119 cm³/mol. The maximum Gasteiger partial charge on any atom is 0.325 e. The van der Waals surface area contributed by atoms with Crippen LogP contribution in [0.4, 0.5) is 5.69 Å². The third kappa shape index (κ3) is 3.33. The number of carbonyl (C=O) groups is 1. The summed E-state index contributed by atoms with van der Waals surface area (Å²) in [5.74, 6) is 0.280. The van der Waals surface area contributed by atoms with E-state index in [0.717, 1.165) is 5.56 Å². The van der Waals surface area contributed by atoms with Crippen LogP contribution in [0, 0.1) is 0 Å². The summed E-state index contributed by atoms with van der Waals surface area (Å²) >= 11 is 6.50. The molecule has 0 radical (unpaired) electrons. The standard InChI is InChI=1S/C23H21ClN2O4/c1-4-29-20(27)13-26-18-12-14(19-6-5-11-30-19)7-8-15(18)23(28)16-9-10-17(24)22(21(16)26)25(2)3/h5-12H,4,13H2,1-3H3. The summed E-state index contributed by atoms with van der Waals surface area (Å²) in [4.78, 5) is 27.6. The number of halogens is 1. The van der Waals surface area contributed by atoms with E-state index in [0.29, 0.717) is 38.3 Å². The summed E-state index contributed by atoms with van der Waals surface area (Å²) in [7, 11) is 3.70. The van der Waals surface area contributed by atoms with Crippen LogP contribution < -0.4 is 10.3 Å². The summed E-state index contributed by atoms with van der Waals surface area (Å²) in [6, 6.07) is 12.5. The molecule has 0 N–H and O–H groups in total. The molecule has 7 heteroatoms. The van der Waals surface area contributed by atoms with E-state index in [-0.39, 0.29) is 18.6 Å². The number of carbonyl (C=O) groups excluding carboxylic acids is 1. The molecule has 2 aromatic carbocycles. The van der Waals surface area contributed by atoms with Gasteiger partial charge in [0, 0.05) is 30.4 Å². The number of pyridine rings is 1. The van der Waals surface area contributed by atoms with Crippen molar-refractivity contribution in [2.45, 2.75) is 13.5 Å². The van der Waals surface area contributed by atoms with Gasteiger partial charge in [0.25, 0.3) is 0 Å². The van der Waals surface area contributed by atoms with Gasteiger partial charge in [-0.05, 0) is 43.3 Å². The van der Waals surface area contributed by atoms with Gasteiger partial charge in [0.15, 0.2) is 5.43 Å². The van der Waals surface area contributed by atoms with Gasteiger partial charge in [-0.1, -0.05) is 17.7 Å². The van der Waals surface area contributed by atoms with E-state index in [4.69, 9.17) is 20.8 Å². The smallest absolute Gasteiger partial charge is 0.325 e. The molecule has 0 saturated heterocycles. The summed E-state index contributed by atoms with van der Waals surface area (Å²) < 4.78 is 12.5. The van der Waals surface area contributed by atoms with Crippen molar-refractivity contribution in [3.05, 3.63) is 64.0 Å². The molecule has 4 rings (SSSR count). The molecule has 4 aromatic rings. The fraction of sp³-hybridized carbons (Fsp3) is 0.217. The zero-order valence-corrected chi connectivity index (χ0v) is 17.7. The Morgan fingerprint density at radius 2 is 1.93 bits per heavy atom. The van der Waals surface area contributed by atoms with Crippen molar-refractivity contribution in [3.8, 4) is 11.3 Å². The molecule has 0 saturated carbocycles.